The van der Waals surface area contributed by atoms with E-state index in [4.69, 9.17) is 14.2 Å². The van der Waals surface area contributed by atoms with Crippen LogP contribution in [0.2, 0.25) is 0 Å². The van der Waals surface area contributed by atoms with Crippen molar-refractivity contribution in [3.8, 4) is 28.4 Å². The number of carbonyl (C=O) groups excluding carboxylic acids is 1. The second kappa shape index (κ2) is 9.74. The second-order valence-electron chi connectivity index (χ2n) is 7.08. The van der Waals surface area contributed by atoms with E-state index in [0.717, 1.165) is 16.9 Å². The molecule has 0 aliphatic rings. The average Bonchev–Trinajstić information content (AvgIpc) is 3.27. The highest BCUT2D eigenvalue weighted by atomic mass is 32.1. The lowest BCUT2D eigenvalue weighted by atomic mass is 10.1. The number of aromatic nitrogens is 2. The fraction of sp³-hybridized carbons (Fsp3) is 0.208. The van der Waals surface area contributed by atoms with E-state index in [2.05, 4.69) is 10.3 Å². The van der Waals surface area contributed by atoms with Gasteiger partial charge in [0, 0.05) is 17.0 Å². The summed E-state index contributed by atoms with van der Waals surface area (Å²) in [7, 11) is 3.06. The molecule has 0 atom stereocenters. The Bertz CT molecular complexity index is 1340. The Balaban J connectivity index is 1.60. The van der Waals surface area contributed by atoms with Crippen LogP contribution < -0.4 is 25.1 Å². The van der Waals surface area contributed by atoms with E-state index in [1.807, 2.05) is 36.6 Å². The van der Waals surface area contributed by atoms with Gasteiger partial charge in [-0.25, -0.2) is 4.98 Å². The number of hydrogen-bond donors (Lipinski definition) is 1. The van der Waals surface area contributed by atoms with Crippen LogP contribution >= 0.6 is 11.3 Å². The summed E-state index contributed by atoms with van der Waals surface area (Å²) in [5.74, 6) is 1.45. The lowest BCUT2D eigenvalue weighted by Gasteiger charge is -2.12. The Morgan fingerprint density at radius 2 is 1.85 bits per heavy atom. The van der Waals surface area contributed by atoms with Gasteiger partial charge in [0.25, 0.3) is 5.56 Å². The van der Waals surface area contributed by atoms with Crippen LogP contribution in [0.5, 0.6) is 17.2 Å². The van der Waals surface area contributed by atoms with Crippen LogP contribution in [0.15, 0.2) is 59.0 Å². The molecular weight excluding hydrogens is 442 g/mol. The smallest absolute Gasteiger partial charge is 0.263 e. The van der Waals surface area contributed by atoms with Gasteiger partial charge in [0.15, 0.2) is 0 Å². The number of fused-ring (bicyclic) bond motifs is 1. The molecule has 0 spiro atoms. The quantitative estimate of drug-likeness (QED) is 0.420. The summed E-state index contributed by atoms with van der Waals surface area (Å²) in [6.45, 7) is 2.32. The van der Waals surface area contributed by atoms with E-state index < -0.39 is 0 Å². The predicted molar refractivity (Wildman–Crippen MR) is 129 cm³/mol. The van der Waals surface area contributed by atoms with Crippen LogP contribution in [0, 0.1) is 0 Å². The Kier molecular flexibility index (Phi) is 6.60. The minimum atomic E-state index is -0.375. The molecule has 1 N–H and O–H groups in total. The number of nitrogens with zero attached hydrogens (tertiary/aromatic N) is 2. The third kappa shape index (κ3) is 4.68. The highest BCUT2D eigenvalue weighted by molar-refractivity contribution is 7.17. The molecule has 4 aromatic rings. The number of thiophene rings is 1. The number of rotatable bonds is 8. The topological polar surface area (TPSA) is 91.7 Å². The van der Waals surface area contributed by atoms with E-state index in [0.29, 0.717) is 34.0 Å². The van der Waals surface area contributed by atoms with Crippen molar-refractivity contribution in [3.63, 3.8) is 0 Å². The van der Waals surface area contributed by atoms with Gasteiger partial charge in [-0.15, -0.1) is 11.3 Å². The van der Waals surface area contributed by atoms with Gasteiger partial charge in [0.05, 0.1) is 38.2 Å². The van der Waals surface area contributed by atoms with Crippen LogP contribution in [0.3, 0.4) is 0 Å². The first-order valence-corrected chi connectivity index (χ1v) is 11.1. The van der Waals surface area contributed by atoms with Crippen molar-refractivity contribution < 1.29 is 19.0 Å². The SMILES string of the molecule is CCOc1ccc(-c2csc3ncn(CC(=O)Nc4ccc(OC)cc4OC)c(=O)c23)cc1. The number of nitrogens with one attached hydrogen (secondary N) is 1. The molecule has 2 aromatic heterocycles. The van der Waals surface area contributed by atoms with Gasteiger partial charge in [-0.05, 0) is 36.8 Å². The monoisotopic (exact) mass is 465 g/mol. The van der Waals surface area contributed by atoms with Crippen LogP contribution in [-0.2, 0) is 11.3 Å². The highest BCUT2D eigenvalue weighted by Crippen LogP contribution is 2.32. The van der Waals surface area contributed by atoms with E-state index in [1.165, 1.54) is 29.3 Å². The lowest BCUT2D eigenvalue weighted by Crippen LogP contribution is -2.27. The first-order chi connectivity index (χ1) is 16.0. The van der Waals surface area contributed by atoms with Gasteiger partial charge in [-0.2, -0.15) is 0 Å². The molecule has 0 bridgehead atoms. The minimum Gasteiger partial charge on any atom is -0.497 e. The van der Waals surface area contributed by atoms with Gasteiger partial charge in [-0.1, -0.05) is 12.1 Å². The van der Waals surface area contributed by atoms with E-state index in [9.17, 15) is 9.59 Å². The zero-order valence-electron chi connectivity index (χ0n) is 18.5. The molecular formula is C24H23N3O5S. The maximum Gasteiger partial charge on any atom is 0.263 e. The molecule has 170 valence electrons. The number of carbonyl (C=O) groups is 1. The molecule has 8 nitrogen and oxygen atoms in total. The molecule has 9 heteroatoms. The van der Waals surface area contributed by atoms with Crippen molar-refractivity contribution >= 4 is 33.1 Å². The largest absolute Gasteiger partial charge is 0.497 e. The normalized spacial score (nSPS) is 10.8. The predicted octanol–water partition coefficient (Wildman–Crippen LogP) is 4.18. The fourth-order valence-electron chi connectivity index (χ4n) is 3.44. The standard InChI is InChI=1S/C24H23N3O5S/c1-4-32-16-7-5-15(6-8-16)18-13-33-23-22(18)24(29)27(14-25-23)12-21(28)26-19-10-9-17(30-2)11-20(19)31-3/h5-11,13-14H,4,12H2,1-3H3,(H,26,28). The number of amides is 1. The van der Waals surface area contributed by atoms with Crippen LogP contribution in [0.25, 0.3) is 21.3 Å². The molecule has 0 saturated heterocycles. The highest BCUT2D eigenvalue weighted by Gasteiger charge is 2.16. The van der Waals surface area contributed by atoms with Gasteiger partial charge in [0.2, 0.25) is 5.91 Å². The minimum absolute atomic E-state index is 0.185. The Morgan fingerprint density at radius 3 is 2.55 bits per heavy atom. The molecule has 2 heterocycles. The van der Waals surface area contributed by atoms with Gasteiger partial charge in [-0.3, -0.25) is 14.2 Å². The van der Waals surface area contributed by atoms with Gasteiger partial charge >= 0.3 is 0 Å². The van der Waals surface area contributed by atoms with E-state index >= 15 is 0 Å². The summed E-state index contributed by atoms with van der Waals surface area (Å²) in [4.78, 5) is 30.9. The van der Waals surface area contributed by atoms with Crippen LogP contribution in [0.1, 0.15) is 6.92 Å². The van der Waals surface area contributed by atoms with Crippen molar-refractivity contribution in [3.05, 3.63) is 64.5 Å². The summed E-state index contributed by atoms with van der Waals surface area (Å²) in [6, 6.07) is 12.6. The van der Waals surface area contributed by atoms with Crippen LogP contribution in [-0.4, -0.2) is 36.3 Å². The lowest BCUT2D eigenvalue weighted by molar-refractivity contribution is -0.116. The molecule has 2 aromatic carbocycles. The molecule has 0 aliphatic carbocycles. The molecule has 33 heavy (non-hydrogen) atoms. The van der Waals surface area contributed by atoms with E-state index in [1.54, 1.807) is 25.3 Å². The maximum absolute atomic E-state index is 13.2. The number of anilines is 1. The summed E-state index contributed by atoms with van der Waals surface area (Å²) in [5, 5.41) is 5.17. The third-order valence-corrected chi connectivity index (χ3v) is 5.92. The maximum atomic E-state index is 13.2. The molecule has 0 aliphatic heterocycles. The summed E-state index contributed by atoms with van der Waals surface area (Å²) in [6.07, 6.45) is 1.40. The molecule has 0 unspecified atom stereocenters. The summed E-state index contributed by atoms with van der Waals surface area (Å²) in [5.41, 5.74) is 1.87. The average molecular weight is 466 g/mol. The summed E-state index contributed by atoms with van der Waals surface area (Å²) >= 11 is 1.39. The van der Waals surface area contributed by atoms with Crippen molar-refractivity contribution in [2.24, 2.45) is 0 Å². The zero-order valence-corrected chi connectivity index (χ0v) is 19.3. The molecule has 1 amide bonds. The Labute approximate surface area is 194 Å². The number of methoxy groups -OCH3 is 2. The Hall–Kier alpha value is -3.85. The number of ether oxygens (including phenoxy) is 3. The first-order valence-electron chi connectivity index (χ1n) is 10.3. The van der Waals surface area contributed by atoms with Gasteiger partial charge < -0.3 is 19.5 Å². The first kappa shape index (κ1) is 22.3. The van der Waals surface area contributed by atoms with Crippen LogP contribution in [0.4, 0.5) is 5.69 Å². The molecule has 0 radical (unpaired) electrons. The molecule has 4 rings (SSSR count). The van der Waals surface area contributed by atoms with Crippen molar-refractivity contribution in [2.45, 2.75) is 13.5 Å². The van der Waals surface area contributed by atoms with Crippen molar-refractivity contribution in [2.75, 3.05) is 26.1 Å². The van der Waals surface area contributed by atoms with Crippen molar-refractivity contribution in [1.82, 2.24) is 9.55 Å². The fourth-order valence-corrected chi connectivity index (χ4v) is 4.34. The molecule has 0 saturated carbocycles. The Morgan fingerprint density at radius 1 is 1.09 bits per heavy atom. The van der Waals surface area contributed by atoms with Crippen molar-refractivity contribution in [1.29, 1.82) is 0 Å². The number of benzene rings is 2. The van der Waals surface area contributed by atoms with Gasteiger partial charge in [0.1, 0.15) is 28.6 Å². The zero-order chi connectivity index (χ0) is 23.4. The second-order valence-corrected chi connectivity index (χ2v) is 7.94. The molecule has 0 fully saturated rings. The summed E-state index contributed by atoms with van der Waals surface area (Å²) < 4.78 is 17.3. The number of hydrogen-bond acceptors (Lipinski definition) is 7. The third-order valence-electron chi connectivity index (χ3n) is 5.03. The van der Waals surface area contributed by atoms with E-state index in [-0.39, 0.29) is 18.0 Å².